The molecule has 0 atom stereocenters. The molecular weight excluding hydrogens is 360 g/mol. The number of thioether (sulfide) groups is 1. The molecule has 0 amide bonds. The first-order valence-corrected chi connectivity index (χ1v) is 9.33. The fourth-order valence-electron chi connectivity index (χ4n) is 2.83. The molecule has 0 saturated heterocycles. The van der Waals surface area contributed by atoms with Crippen molar-refractivity contribution in [2.75, 3.05) is 0 Å². The molecule has 5 rings (SSSR count). The molecule has 132 valence electrons. The van der Waals surface area contributed by atoms with Crippen molar-refractivity contribution >= 4 is 17.5 Å². The first-order valence-electron chi connectivity index (χ1n) is 8.34. The zero-order chi connectivity index (χ0) is 18.1. The summed E-state index contributed by atoms with van der Waals surface area (Å²) in [6.45, 7) is 0. The molecule has 0 aliphatic carbocycles. The van der Waals surface area contributed by atoms with E-state index in [1.54, 1.807) is 24.2 Å². The summed E-state index contributed by atoms with van der Waals surface area (Å²) >= 11 is 1.57. The summed E-state index contributed by atoms with van der Waals surface area (Å²) < 4.78 is 9.45. The molecule has 0 fully saturated rings. The minimum absolute atomic E-state index is 0.659. The Morgan fingerprint density at radius 3 is 2.74 bits per heavy atom. The molecule has 0 unspecified atom stereocenters. The summed E-state index contributed by atoms with van der Waals surface area (Å²) in [6.07, 6.45) is 7.29. The first kappa shape index (κ1) is 15.8. The minimum atomic E-state index is 0.659. The number of nitrogens with zero attached hydrogens (tertiary/aromatic N) is 6. The van der Waals surface area contributed by atoms with E-state index in [0.29, 0.717) is 23.1 Å². The number of fused-ring (bicyclic) bond motifs is 1. The van der Waals surface area contributed by atoms with Crippen LogP contribution in [-0.2, 0) is 5.75 Å². The summed E-state index contributed by atoms with van der Waals surface area (Å²) in [5.41, 5.74) is 1.91. The number of hydrogen-bond donors (Lipinski definition) is 0. The minimum Gasteiger partial charge on any atom is -0.461 e. The number of aromatic nitrogens is 6. The van der Waals surface area contributed by atoms with Gasteiger partial charge >= 0.3 is 0 Å². The van der Waals surface area contributed by atoms with E-state index in [1.165, 1.54) is 0 Å². The highest BCUT2D eigenvalue weighted by Crippen LogP contribution is 2.29. The fourth-order valence-corrected chi connectivity index (χ4v) is 3.66. The largest absolute Gasteiger partial charge is 0.461 e. The lowest BCUT2D eigenvalue weighted by Crippen LogP contribution is -1.99. The molecular formula is C19H14N6OS. The van der Waals surface area contributed by atoms with Crippen LogP contribution in [0.3, 0.4) is 0 Å². The Labute approximate surface area is 158 Å². The van der Waals surface area contributed by atoms with Gasteiger partial charge in [0.1, 0.15) is 0 Å². The van der Waals surface area contributed by atoms with Gasteiger partial charge in [0, 0.05) is 30.0 Å². The summed E-state index contributed by atoms with van der Waals surface area (Å²) in [5, 5.41) is 9.51. The highest BCUT2D eigenvalue weighted by Gasteiger charge is 2.18. The summed E-state index contributed by atoms with van der Waals surface area (Å²) in [5.74, 6) is 2.70. The maximum Gasteiger partial charge on any atom is 0.233 e. The monoisotopic (exact) mass is 374 g/mol. The molecule has 0 aliphatic rings. The predicted molar refractivity (Wildman–Crippen MR) is 102 cm³/mol. The van der Waals surface area contributed by atoms with Crippen molar-refractivity contribution in [3.63, 3.8) is 0 Å². The van der Waals surface area contributed by atoms with Crippen molar-refractivity contribution in [1.29, 1.82) is 0 Å². The van der Waals surface area contributed by atoms with Crippen LogP contribution < -0.4 is 0 Å². The summed E-state index contributed by atoms with van der Waals surface area (Å²) in [6, 6.07) is 15.6. The van der Waals surface area contributed by atoms with Crippen LogP contribution in [-0.4, -0.2) is 29.1 Å². The number of imidazole rings is 1. The highest BCUT2D eigenvalue weighted by molar-refractivity contribution is 7.98. The van der Waals surface area contributed by atoms with E-state index in [9.17, 15) is 0 Å². The van der Waals surface area contributed by atoms with Gasteiger partial charge in [-0.05, 0) is 30.3 Å². The quantitative estimate of drug-likeness (QED) is 0.435. The van der Waals surface area contributed by atoms with Gasteiger partial charge in [-0.2, -0.15) is 0 Å². The molecule has 0 radical (unpaired) electrons. The van der Waals surface area contributed by atoms with Crippen LogP contribution in [0.5, 0.6) is 0 Å². The van der Waals surface area contributed by atoms with E-state index in [2.05, 4.69) is 20.2 Å². The van der Waals surface area contributed by atoms with Gasteiger partial charge in [-0.15, -0.1) is 10.2 Å². The third-order valence-corrected chi connectivity index (χ3v) is 4.99. The van der Waals surface area contributed by atoms with Crippen molar-refractivity contribution in [3.05, 3.63) is 79.1 Å². The summed E-state index contributed by atoms with van der Waals surface area (Å²) in [4.78, 5) is 8.80. The van der Waals surface area contributed by atoms with Crippen LogP contribution in [0.1, 0.15) is 5.69 Å². The standard InChI is InChI=1S/C19H14N6OS/c1-2-6-15(7-3-1)25-17(16-8-4-11-26-16)22-23-19(25)27-13-14-12-24-10-5-9-20-18(24)21-14/h1-12H,13H2. The highest BCUT2D eigenvalue weighted by atomic mass is 32.2. The molecule has 1 aromatic carbocycles. The molecule has 8 heteroatoms. The average molecular weight is 374 g/mol. The Kier molecular flexibility index (Phi) is 3.95. The number of para-hydroxylation sites is 1. The van der Waals surface area contributed by atoms with E-state index >= 15 is 0 Å². The van der Waals surface area contributed by atoms with E-state index in [1.807, 2.05) is 69.9 Å². The van der Waals surface area contributed by atoms with Gasteiger partial charge in [0.2, 0.25) is 11.6 Å². The van der Waals surface area contributed by atoms with Crippen molar-refractivity contribution in [1.82, 2.24) is 29.1 Å². The second kappa shape index (κ2) is 6.73. The second-order valence-electron chi connectivity index (χ2n) is 5.80. The van der Waals surface area contributed by atoms with Crippen LogP contribution in [0, 0.1) is 0 Å². The molecule has 0 bridgehead atoms. The number of furan rings is 1. The smallest absolute Gasteiger partial charge is 0.233 e. The van der Waals surface area contributed by atoms with Gasteiger partial charge in [-0.1, -0.05) is 30.0 Å². The van der Waals surface area contributed by atoms with Crippen LogP contribution in [0.25, 0.3) is 23.0 Å². The van der Waals surface area contributed by atoms with Crippen molar-refractivity contribution in [3.8, 4) is 17.3 Å². The second-order valence-corrected chi connectivity index (χ2v) is 6.74. The van der Waals surface area contributed by atoms with Crippen LogP contribution in [0.2, 0.25) is 0 Å². The average Bonchev–Trinajstić information content (AvgIpc) is 3.45. The third-order valence-electron chi connectivity index (χ3n) is 4.02. The van der Waals surface area contributed by atoms with Gasteiger partial charge < -0.3 is 4.42 Å². The molecule has 7 nitrogen and oxygen atoms in total. The lowest BCUT2D eigenvalue weighted by atomic mass is 10.3. The zero-order valence-electron chi connectivity index (χ0n) is 14.1. The molecule has 5 aromatic rings. The van der Waals surface area contributed by atoms with E-state index in [4.69, 9.17) is 4.42 Å². The molecule has 0 spiro atoms. The lowest BCUT2D eigenvalue weighted by molar-refractivity contribution is 0.575. The topological polar surface area (TPSA) is 74.0 Å². The number of benzene rings is 1. The zero-order valence-corrected chi connectivity index (χ0v) is 15.0. The van der Waals surface area contributed by atoms with Crippen LogP contribution >= 0.6 is 11.8 Å². The Hall–Kier alpha value is -3.39. The Bertz CT molecular complexity index is 1150. The maximum atomic E-state index is 5.54. The predicted octanol–water partition coefficient (Wildman–Crippen LogP) is 3.86. The SMILES string of the molecule is c1ccc(-n2c(SCc3cn4cccnc4n3)nnc2-c2ccco2)cc1. The van der Waals surface area contributed by atoms with Crippen molar-refractivity contribution < 1.29 is 4.42 Å². The van der Waals surface area contributed by atoms with Gasteiger partial charge in [0.25, 0.3) is 0 Å². The van der Waals surface area contributed by atoms with Gasteiger partial charge in [-0.3, -0.25) is 8.97 Å². The third kappa shape index (κ3) is 3.00. The van der Waals surface area contributed by atoms with E-state index in [0.717, 1.165) is 16.5 Å². The van der Waals surface area contributed by atoms with Crippen molar-refractivity contribution in [2.45, 2.75) is 10.9 Å². The molecule has 0 N–H and O–H groups in total. The van der Waals surface area contributed by atoms with Crippen molar-refractivity contribution in [2.24, 2.45) is 0 Å². The first-order chi connectivity index (χ1) is 13.4. The molecule has 0 aliphatic heterocycles. The molecule has 4 heterocycles. The van der Waals surface area contributed by atoms with Gasteiger partial charge in [-0.25, -0.2) is 9.97 Å². The Morgan fingerprint density at radius 1 is 1.00 bits per heavy atom. The Morgan fingerprint density at radius 2 is 1.93 bits per heavy atom. The van der Waals surface area contributed by atoms with Gasteiger partial charge in [0.15, 0.2) is 10.9 Å². The molecule has 27 heavy (non-hydrogen) atoms. The fraction of sp³-hybridized carbons (Fsp3) is 0.0526. The maximum absolute atomic E-state index is 5.54. The number of hydrogen-bond acceptors (Lipinski definition) is 6. The van der Waals surface area contributed by atoms with Crippen LogP contribution in [0.15, 0.2) is 83.0 Å². The normalized spacial score (nSPS) is 11.3. The number of rotatable bonds is 5. The lowest BCUT2D eigenvalue weighted by Gasteiger charge is -2.08. The summed E-state index contributed by atoms with van der Waals surface area (Å²) in [7, 11) is 0. The Balaban J connectivity index is 1.50. The van der Waals surface area contributed by atoms with Gasteiger partial charge in [0.05, 0.1) is 12.0 Å². The van der Waals surface area contributed by atoms with Crippen LogP contribution in [0.4, 0.5) is 0 Å². The molecule has 0 saturated carbocycles. The molecule has 4 aromatic heterocycles. The van der Waals surface area contributed by atoms with E-state index in [-0.39, 0.29) is 0 Å². The van der Waals surface area contributed by atoms with E-state index < -0.39 is 0 Å².